The van der Waals surface area contributed by atoms with Crippen LogP contribution in [0, 0.1) is 19.3 Å². The number of nitrogens with one attached hydrogen (secondary N) is 1. The van der Waals surface area contributed by atoms with Crippen molar-refractivity contribution in [1.29, 1.82) is 0 Å². The lowest BCUT2D eigenvalue weighted by atomic mass is 9.89. The summed E-state index contributed by atoms with van der Waals surface area (Å²) in [5.41, 5.74) is 1.37. The SMILES string of the molecule is Cc1ccc(S(=O)(=O)NCC(O)C(C)(C)C)c(C)c1. The largest absolute Gasteiger partial charge is 0.391 e. The second-order valence-electron chi connectivity index (χ2n) is 6.00. The first-order valence-corrected chi connectivity index (χ1v) is 7.77. The standard InChI is InChI=1S/C14H23NO3S/c1-10-6-7-12(11(2)8-10)19(17,18)15-9-13(16)14(3,4)5/h6-8,13,15-16H,9H2,1-5H3. The molecule has 1 aromatic carbocycles. The van der Waals surface area contributed by atoms with E-state index in [9.17, 15) is 13.5 Å². The van der Waals surface area contributed by atoms with Gasteiger partial charge in [-0.05, 0) is 30.9 Å². The molecule has 1 rings (SSSR count). The lowest BCUT2D eigenvalue weighted by molar-refractivity contribution is 0.0677. The first kappa shape index (κ1) is 16.1. The van der Waals surface area contributed by atoms with E-state index in [1.165, 1.54) is 0 Å². The van der Waals surface area contributed by atoms with Gasteiger partial charge in [-0.3, -0.25) is 0 Å². The van der Waals surface area contributed by atoms with Crippen molar-refractivity contribution in [2.75, 3.05) is 6.54 Å². The smallest absolute Gasteiger partial charge is 0.240 e. The van der Waals surface area contributed by atoms with Crippen molar-refractivity contribution in [3.63, 3.8) is 0 Å². The topological polar surface area (TPSA) is 66.4 Å². The highest BCUT2D eigenvalue weighted by Gasteiger charge is 2.25. The maximum absolute atomic E-state index is 12.2. The van der Waals surface area contributed by atoms with Crippen LogP contribution >= 0.6 is 0 Å². The third-order valence-corrected chi connectivity index (χ3v) is 4.67. The van der Waals surface area contributed by atoms with Crippen molar-refractivity contribution >= 4 is 10.0 Å². The van der Waals surface area contributed by atoms with E-state index >= 15 is 0 Å². The second kappa shape index (κ2) is 5.61. The summed E-state index contributed by atoms with van der Waals surface area (Å²) in [6.45, 7) is 9.29. The molecule has 0 aliphatic heterocycles. The first-order chi connectivity index (χ1) is 8.54. The van der Waals surface area contributed by atoms with Crippen molar-refractivity contribution in [3.8, 4) is 0 Å². The number of aliphatic hydroxyl groups excluding tert-OH is 1. The van der Waals surface area contributed by atoms with Crippen LogP contribution in [-0.4, -0.2) is 26.2 Å². The molecule has 0 saturated carbocycles. The molecular weight excluding hydrogens is 262 g/mol. The Hall–Kier alpha value is -0.910. The van der Waals surface area contributed by atoms with E-state index in [-0.39, 0.29) is 16.9 Å². The molecule has 0 aliphatic rings. The molecule has 0 aromatic heterocycles. The van der Waals surface area contributed by atoms with Gasteiger partial charge in [-0.15, -0.1) is 0 Å². The van der Waals surface area contributed by atoms with E-state index in [2.05, 4.69) is 4.72 Å². The van der Waals surface area contributed by atoms with Crippen LogP contribution < -0.4 is 4.72 Å². The van der Waals surface area contributed by atoms with Crippen LogP contribution in [-0.2, 0) is 10.0 Å². The average Bonchev–Trinajstić information content (AvgIpc) is 2.24. The number of aryl methyl sites for hydroxylation is 2. The molecule has 1 aromatic rings. The van der Waals surface area contributed by atoms with Gasteiger partial charge >= 0.3 is 0 Å². The highest BCUT2D eigenvalue weighted by atomic mass is 32.2. The van der Waals surface area contributed by atoms with Crippen molar-refractivity contribution in [3.05, 3.63) is 29.3 Å². The molecule has 0 saturated heterocycles. The monoisotopic (exact) mass is 285 g/mol. The molecule has 19 heavy (non-hydrogen) atoms. The van der Waals surface area contributed by atoms with Gasteiger partial charge in [0.05, 0.1) is 11.0 Å². The lowest BCUT2D eigenvalue weighted by Gasteiger charge is -2.26. The summed E-state index contributed by atoms with van der Waals surface area (Å²) in [5, 5.41) is 9.88. The summed E-state index contributed by atoms with van der Waals surface area (Å²) < 4.78 is 26.8. The number of hydrogen-bond acceptors (Lipinski definition) is 3. The van der Waals surface area contributed by atoms with E-state index in [0.717, 1.165) is 5.56 Å². The molecule has 0 fully saturated rings. The zero-order valence-electron chi connectivity index (χ0n) is 12.2. The summed E-state index contributed by atoms with van der Waals surface area (Å²) in [6, 6.07) is 5.19. The Morgan fingerprint density at radius 2 is 1.84 bits per heavy atom. The highest BCUT2D eigenvalue weighted by Crippen LogP contribution is 2.20. The Labute approximate surface area is 115 Å². The predicted octanol–water partition coefficient (Wildman–Crippen LogP) is 1.99. The third-order valence-electron chi connectivity index (χ3n) is 3.09. The maximum Gasteiger partial charge on any atom is 0.240 e. The summed E-state index contributed by atoms with van der Waals surface area (Å²) in [6.07, 6.45) is -0.729. The lowest BCUT2D eigenvalue weighted by Crippen LogP contribution is -2.39. The highest BCUT2D eigenvalue weighted by molar-refractivity contribution is 7.89. The Morgan fingerprint density at radius 3 is 2.32 bits per heavy atom. The number of rotatable bonds is 4. The molecule has 0 bridgehead atoms. The Kier molecular flexibility index (Phi) is 4.76. The molecule has 4 nitrogen and oxygen atoms in total. The van der Waals surface area contributed by atoms with Crippen LogP contribution in [0.25, 0.3) is 0 Å². The van der Waals surface area contributed by atoms with Crippen molar-refractivity contribution in [2.24, 2.45) is 5.41 Å². The van der Waals surface area contributed by atoms with Crippen LogP contribution in [0.4, 0.5) is 0 Å². The number of sulfonamides is 1. The number of benzene rings is 1. The molecule has 0 radical (unpaired) electrons. The second-order valence-corrected chi connectivity index (χ2v) is 7.74. The quantitative estimate of drug-likeness (QED) is 0.889. The summed E-state index contributed by atoms with van der Waals surface area (Å²) in [4.78, 5) is 0.263. The molecule has 5 heteroatoms. The van der Waals surface area contributed by atoms with E-state index < -0.39 is 16.1 Å². The normalized spacial score (nSPS) is 14.4. The zero-order chi connectivity index (χ0) is 14.8. The van der Waals surface area contributed by atoms with Gasteiger partial charge in [-0.25, -0.2) is 13.1 Å². The van der Waals surface area contributed by atoms with Crippen LogP contribution in [0.5, 0.6) is 0 Å². The maximum atomic E-state index is 12.2. The third kappa shape index (κ3) is 4.30. The van der Waals surface area contributed by atoms with Crippen LogP contribution in [0.3, 0.4) is 0 Å². The van der Waals surface area contributed by atoms with E-state index in [1.807, 2.05) is 33.8 Å². The van der Waals surface area contributed by atoms with E-state index in [1.54, 1.807) is 19.1 Å². The molecule has 0 amide bonds. The molecule has 1 unspecified atom stereocenters. The van der Waals surface area contributed by atoms with Crippen LogP contribution in [0.1, 0.15) is 31.9 Å². The minimum absolute atomic E-state index is 0.0130. The average molecular weight is 285 g/mol. The molecule has 2 N–H and O–H groups in total. The van der Waals surface area contributed by atoms with Gasteiger partial charge in [0, 0.05) is 6.54 Å². The fraction of sp³-hybridized carbons (Fsp3) is 0.571. The van der Waals surface area contributed by atoms with Gasteiger partial charge in [0.25, 0.3) is 0 Å². The van der Waals surface area contributed by atoms with Gasteiger partial charge in [0.2, 0.25) is 10.0 Å². The van der Waals surface area contributed by atoms with Crippen LogP contribution in [0.2, 0.25) is 0 Å². The van der Waals surface area contributed by atoms with Gasteiger partial charge in [-0.1, -0.05) is 38.5 Å². The first-order valence-electron chi connectivity index (χ1n) is 6.29. The summed E-state index contributed by atoms with van der Waals surface area (Å²) in [5.74, 6) is 0. The molecule has 108 valence electrons. The van der Waals surface area contributed by atoms with E-state index in [0.29, 0.717) is 5.56 Å². The van der Waals surface area contributed by atoms with Crippen molar-refractivity contribution < 1.29 is 13.5 Å². The molecular formula is C14H23NO3S. The van der Waals surface area contributed by atoms with Crippen LogP contribution in [0.15, 0.2) is 23.1 Å². The van der Waals surface area contributed by atoms with Crippen molar-refractivity contribution in [2.45, 2.75) is 45.6 Å². The fourth-order valence-corrected chi connectivity index (χ4v) is 2.94. The number of aliphatic hydroxyl groups is 1. The minimum atomic E-state index is -3.57. The fourth-order valence-electron chi connectivity index (χ4n) is 1.67. The van der Waals surface area contributed by atoms with Gasteiger partial charge in [-0.2, -0.15) is 0 Å². The molecule has 1 atom stereocenters. The minimum Gasteiger partial charge on any atom is -0.391 e. The predicted molar refractivity (Wildman–Crippen MR) is 76.6 cm³/mol. The van der Waals surface area contributed by atoms with Crippen molar-refractivity contribution in [1.82, 2.24) is 4.72 Å². The number of hydrogen-bond donors (Lipinski definition) is 2. The van der Waals surface area contributed by atoms with E-state index in [4.69, 9.17) is 0 Å². The molecule has 0 aliphatic carbocycles. The Balaban J connectivity index is 2.88. The molecule has 0 heterocycles. The van der Waals surface area contributed by atoms with Gasteiger partial charge in [0.15, 0.2) is 0 Å². The Bertz CT molecular complexity index is 544. The zero-order valence-corrected chi connectivity index (χ0v) is 13.0. The summed E-state index contributed by atoms with van der Waals surface area (Å²) in [7, 11) is -3.57. The van der Waals surface area contributed by atoms with Gasteiger partial charge < -0.3 is 5.11 Å². The molecule has 0 spiro atoms. The Morgan fingerprint density at radius 1 is 1.26 bits per heavy atom. The summed E-state index contributed by atoms with van der Waals surface area (Å²) >= 11 is 0. The van der Waals surface area contributed by atoms with Gasteiger partial charge in [0.1, 0.15) is 0 Å².